The summed E-state index contributed by atoms with van der Waals surface area (Å²) in [6.07, 6.45) is 5.25. The van der Waals surface area contributed by atoms with E-state index in [1.165, 1.54) is 5.56 Å². The summed E-state index contributed by atoms with van der Waals surface area (Å²) in [5.74, 6) is 0. The highest BCUT2D eigenvalue weighted by Crippen LogP contribution is 2.37. The molecule has 0 aliphatic heterocycles. The molecule has 0 aromatic carbocycles. The highest BCUT2D eigenvalue weighted by atomic mass is 35.5. The number of nitrogens with two attached hydrogens (primary N) is 1. The molecule has 1 saturated carbocycles. The minimum absolute atomic E-state index is 0.101. The van der Waals surface area contributed by atoms with Gasteiger partial charge in [-0.2, -0.15) is 5.10 Å². The van der Waals surface area contributed by atoms with Crippen molar-refractivity contribution in [2.75, 3.05) is 0 Å². The molecular weight excluding hydrogens is 210 g/mol. The van der Waals surface area contributed by atoms with E-state index >= 15 is 0 Å². The minimum atomic E-state index is 0.101. The summed E-state index contributed by atoms with van der Waals surface area (Å²) in [4.78, 5) is 0. The molecule has 1 aromatic heterocycles. The fraction of sp³-hybridized carbons (Fsp3) is 0.727. The van der Waals surface area contributed by atoms with Crippen molar-refractivity contribution >= 4 is 11.6 Å². The number of aromatic nitrogens is 2. The molecule has 1 aliphatic carbocycles. The summed E-state index contributed by atoms with van der Waals surface area (Å²) in [5, 5.41) is 5.17. The highest BCUT2D eigenvalue weighted by molar-refractivity contribution is 6.30. The zero-order valence-corrected chi connectivity index (χ0v) is 10.1. The molecule has 0 radical (unpaired) electrons. The average Bonchev–Trinajstić information content (AvgIpc) is 2.87. The van der Waals surface area contributed by atoms with Crippen molar-refractivity contribution < 1.29 is 0 Å². The van der Waals surface area contributed by atoms with Gasteiger partial charge in [-0.1, -0.05) is 18.5 Å². The molecule has 3 nitrogen and oxygen atoms in total. The Bertz CT molecular complexity index is 366. The van der Waals surface area contributed by atoms with Crippen LogP contribution >= 0.6 is 11.6 Å². The highest BCUT2D eigenvalue weighted by Gasteiger charge is 2.37. The van der Waals surface area contributed by atoms with Crippen molar-refractivity contribution in [3.63, 3.8) is 0 Å². The Hall–Kier alpha value is -0.540. The Morgan fingerprint density at radius 1 is 1.53 bits per heavy atom. The van der Waals surface area contributed by atoms with E-state index in [1.807, 2.05) is 7.05 Å². The lowest BCUT2D eigenvalue weighted by Gasteiger charge is -2.07. The maximum Gasteiger partial charge on any atom is 0.130 e. The largest absolute Gasteiger partial charge is 0.325 e. The van der Waals surface area contributed by atoms with Gasteiger partial charge in [0.15, 0.2) is 0 Å². The van der Waals surface area contributed by atoms with Gasteiger partial charge in [0, 0.05) is 18.2 Å². The van der Waals surface area contributed by atoms with Crippen LogP contribution in [0.4, 0.5) is 0 Å². The van der Waals surface area contributed by atoms with Crippen molar-refractivity contribution in [2.24, 2.45) is 12.8 Å². The van der Waals surface area contributed by atoms with Gasteiger partial charge in [-0.05, 0) is 32.1 Å². The molecule has 1 aliphatic rings. The van der Waals surface area contributed by atoms with Gasteiger partial charge >= 0.3 is 0 Å². The molecule has 0 amide bonds. The molecule has 2 N–H and O–H groups in total. The first-order valence-corrected chi connectivity index (χ1v) is 5.92. The normalized spacial score (nSPS) is 18.1. The van der Waals surface area contributed by atoms with E-state index in [0.29, 0.717) is 0 Å². The molecule has 84 valence electrons. The predicted molar refractivity (Wildman–Crippen MR) is 62.1 cm³/mol. The number of aryl methyl sites for hydroxylation is 2. The molecule has 1 heterocycles. The molecule has 2 rings (SSSR count). The van der Waals surface area contributed by atoms with Gasteiger partial charge in [-0.3, -0.25) is 4.68 Å². The summed E-state index contributed by atoms with van der Waals surface area (Å²) in [7, 11) is 1.89. The van der Waals surface area contributed by atoms with Crippen LogP contribution in [0, 0.1) is 0 Å². The van der Waals surface area contributed by atoms with Crippen molar-refractivity contribution in [1.82, 2.24) is 9.78 Å². The molecule has 0 bridgehead atoms. The van der Waals surface area contributed by atoms with Gasteiger partial charge < -0.3 is 5.73 Å². The van der Waals surface area contributed by atoms with E-state index in [-0.39, 0.29) is 5.54 Å². The maximum atomic E-state index is 6.20. The molecule has 4 heteroatoms. The Balaban J connectivity index is 2.11. The summed E-state index contributed by atoms with van der Waals surface area (Å²) in [5.41, 5.74) is 8.48. The van der Waals surface area contributed by atoms with Crippen LogP contribution in [-0.4, -0.2) is 15.3 Å². The van der Waals surface area contributed by atoms with E-state index in [9.17, 15) is 0 Å². The zero-order chi connectivity index (χ0) is 11.1. The standard InChI is InChI=1S/C11H18ClN3/c1-3-9-8(10(12)15(2)14-9)4-5-11(13)6-7-11/h3-7,13H2,1-2H3. The van der Waals surface area contributed by atoms with Crippen molar-refractivity contribution in [3.8, 4) is 0 Å². The molecule has 15 heavy (non-hydrogen) atoms. The van der Waals surface area contributed by atoms with Gasteiger partial charge in [-0.15, -0.1) is 0 Å². The van der Waals surface area contributed by atoms with Crippen LogP contribution in [0.15, 0.2) is 0 Å². The molecule has 0 spiro atoms. The molecule has 1 aromatic rings. The SMILES string of the molecule is CCc1nn(C)c(Cl)c1CCC1(N)CC1. The lowest BCUT2D eigenvalue weighted by molar-refractivity contribution is 0.607. The molecule has 0 atom stereocenters. The molecule has 0 saturated heterocycles. The van der Waals surface area contributed by atoms with Crippen LogP contribution in [0.5, 0.6) is 0 Å². The second kappa shape index (κ2) is 3.80. The van der Waals surface area contributed by atoms with Crippen LogP contribution in [0.3, 0.4) is 0 Å². The van der Waals surface area contributed by atoms with Gasteiger partial charge in [0.25, 0.3) is 0 Å². The lowest BCUT2D eigenvalue weighted by Crippen LogP contribution is -2.22. The Kier molecular flexibility index (Phi) is 2.77. The quantitative estimate of drug-likeness (QED) is 0.856. The predicted octanol–water partition coefficient (Wildman–Crippen LogP) is 2.06. The van der Waals surface area contributed by atoms with Crippen molar-refractivity contribution in [3.05, 3.63) is 16.4 Å². The van der Waals surface area contributed by atoms with Crippen LogP contribution in [0.2, 0.25) is 5.15 Å². The Labute approximate surface area is 95.6 Å². The number of hydrogen-bond donors (Lipinski definition) is 1. The van der Waals surface area contributed by atoms with Gasteiger partial charge in [0.2, 0.25) is 0 Å². The number of halogens is 1. The summed E-state index contributed by atoms with van der Waals surface area (Å²) in [6.45, 7) is 2.11. The second-order valence-corrected chi connectivity index (χ2v) is 4.91. The maximum absolute atomic E-state index is 6.20. The van der Waals surface area contributed by atoms with Crippen LogP contribution in [0.1, 0.15) is 37.4 Å². The van der Waals surface area contributed by atoms with Crippen LogP contribution in [0.25, 0.3) is 0 Å². The topological polar surface area (TPSA) is 43.8 Å². The Morgan fingerprint density at radius 2 is 2.20 bits per heavy atom. The third-order valence-corrected chi connectivity index (χ3v) is 3.72. The van der Waals surface area contributed by atoms with Gasteiger partial charge in [0.05, 0.1) is 5.69 Å². The van der Waals surface area contributed by atoms with Crippen molar-refractivity contribution in [1.29, 1.82) is 0 Å². The zero-order valence-electron chi connectivity index (χ0n) is 9.39. The second-order valence-electron chi connectivity index (χ2n) is 4.56. The summed E-state index contributed by atoms with van der Waals surface area (Å²) >= 11 is 6.20. The summed E-state index contributed by atoms with van der Waals surface area (Å²) in [6, 6.07) is 0. The third kappa shape index (κ3) is 2.18. The van der Waals surface area contributed by atoms with Crippen LogP contribution in [-0.2, 0) is 19.9 Å². The first kappa shape index (κ1) is 11.0. The van der Waals surface area contributed by atoms with Crippen LogP contribution < -0.4 is 5.73 Å². The third-order valence-electron chi connectivity index (χ3n) is 3.25. The fourth-order valence-electron chi connectivity index (χ4n) is 1.92. The van der Waals surface area contributed by atoms with E-state index in [2.05, 4.69) is 12.0 Å². The lowest BCUT2D eigenvalue weighted by atomic mass is 10.0. The van der Waals surface area contributed by atoms with E-state index < -0.39 is 0 Å². The van der Waals surface area contributed by atoms with E-state index in [4.69, 9.17) is 17.3 Å². The average molecular weight is 228 g/mol. The first-order valence-electron chi connectivity index (χ1n) is 5.55. The minimum Gasteiger partial charge on any atom is -0.325 e. The molecule has 1 fully saturated rings. The number of hydrogen-bond acceptors (Lipinski definition) is 2. The van der Waals surface area contributed by atoms with Gasteiger partial charge in [0.1, 0.15) is 5.15 Å². The molecule has 0 unspecified atom stereocenters. The monoisotopic (exact) mass is 227 g/mol. The number of nitrogens with zero attached hydrogens (tertiary/aromatic N) is 2. The smallest absolute Gasteiger partial charge is 0.130 e. The molecular formula is C11H18ClN3. The summed E-state index contributed by atoms with van der Waals surface area (Å²) < 4.78 is 1.76. The number of rotatable bonds is 4. The van der Waals surface area contributed by atoms with E-state index in [0.717, 1.165) is 43.0 Å². The van der Waals surface area contributed by atoms with Gasteiger partial charge in [-0.25, -0.2) is 0 Å². The fourth-order valence-corrected chi connectivity index (χ4v) is 2.16. The van der Waals surface area contributed by atoms with E-state index in [1.54, 1.807) is 4.68 Å². The van der Waals surface area contributed by atoms with Crippen molar-refractivity contribution in [2.45, 2.75) is 44.6 Å². The first-order chi connectivity index (χ1) is 7.06. The Morgan fingerprint density at radius 3 is 2.73 bits per heavy atom.